The number of rotatable bonds is 7. The predicted molar refractivity (Wildman–Crippen MR) is 126 cm³/mol. The fourth-order valence-corrected chi connectivity index (χ4v) is 5.07. The number of ether oxygens (including phenoxy) is 1. The first kappa shape index (κ1) is 25.5. The summed E-state index contributed by atoms with van der Waals surface area (Å²) in [6.07, 6.45) is -1.21. The molecule has 1 aromatic carbocycles. The summed E-state index contributed by atoms with van der Waals surface area (Å²) in [4.78, 5) is 23.6. The Balaban J connectivity index is 1.33. The molecule has 2 heterocycles. The largest absolute Gasteiger partial charge is 0.573 e. The van der Waals surface area contributed by atoms with Gasteiger partial charge in [-0.15, -0.1) is 28.5 Å². The molecule has 0 spiro atoms. The summed E-state index contributed by atoms with van der Waals surface area (Å²) in [5, 5.41) is 23.3. The number of carbonyl (C=O) groups excluding carboxylic acids is 2. The summed E-state index contributed by atoms with van der Waals surface area (Å²) in [5.41, 5.74) is 1.17. The standard InChI is InChI=1S/C23H23F3N6O3S/c1-13(33)27-22-32-31-21(36-22)16-6-3-5-15(12-16)18-8-9-19(30-29-18)28-20(34)11-14-4-2-7-17(10-14)35-23(24,25)26/h2,4,7-10,15-16H,3,5-6,11-12H2,1H3,(H,27,32,33)(H,28,30,34). The van der Waals surface area contributed by atoms with Crippen molar-refractivity contribution in [1.29, 1.82) is 0 Å². The first-order valence-electron chi connectivity index (χ1n) is 11.2. The molecule has 36 heavy (non-hydrogen) atoms. The topological polar surface area (TPSA) is 119 Å². The maximum Gasteiger partial charge on any atom is 0.573 e. The van der Waals surface area contributed by atoms with E-state index >= 15 is 0 Å². The molecule has 1 fully saturated rings. The third kappa shape index (κ3) is 7.20. The Morgan fingerprint density at radius 3 is 2.58 bits per heavy atom. The van der Waals surface area contributed by atoms with E-state index in [1.807, 2.05) is 6.07 Å². The molecule has 0 bridgehead atoms. The van der Waals surface area contributed by atoms with Crippen LogP contribution in [-0.2, 0) is 16.0 Å². The van der Waals surface area contributed by atoms with E-state index in [2.05, 4.69) is 35.8 Å². The van der Waals surface area contributed by atoms with Gasteiger partial charge in [-0.3, -0.25) is 9.59 Å². The summed E-state index contributed by atoms with van der Waals surface area (Å²) in [7, 11) is 0. The van der Waals surface area contributed by atoms with Crippen molar-refractivity contribution in [2.75, 3.05) is 10.6 Å². The molecule has 0 aliphatic heterocycles. The van der Waals surface area contributed by atoms with Gasteiger partial charge in [0.2, 0.25) is 16.9 Å². The van der Waals surface area contributed by atoms with Crippen molar-refractivity contribution in [3.8, 4) is 5.75 Å². The van der Waals surface area contributed by atoms with Crippen LogP contribution in [0, 0.1) is 0 Å². The number of nitrogens with zero attached hydrogens (tertiary/aromatic N) is 4. The number of carbonyl (C=O) groups is 2. The lowest BCUT2D eigenvalue weighted by Gasteiger charge is -2.27. The average molecular weight is 521 g/mol. The molecule has 1 aliphatic carbocycles. The van der Waals surface area contributed by atoms with Crippen molar-refractivity contribution in [2.24, 2.45) is 0 Å². The summed E-state index contributed by atoms with van der Waals surface area (Å²) in [6.45, 7) is 1.42. The second kappa shape index (κ2) is 11.0. The molecule has 190 valence electrons. The maximum atomic E-state index is 12.4. The first-order chi connectivity index (χ1) is 17.1. The van der Waals surface area contributed by atoms with Crippen LogP contribution in [0.15, 0.2) is 36.4 Å². The van der Waals surface area contributed by atoms with Gasteiger partial charge in [-0.05, 0) is 49.1 Å². The molecule has 1 saturated carbocycles. The van der Waals surface area contributed by atoms with Gasteiger partial charge in [0.05, 0.1) is 12.1 Å². The molecular formula is C23H23F3N6O3S. The van der Waals surface area contributed by atoms with E-state index in [1.54, 1.807) is 6.07 Å². The Bertz CT molecular complexity index is 1220. The molecule has 13 heteroatoms. The minimum absolute atomic E-state index is 0.148. The quantitative estimate of drug-likeness (QED) is 0.459. The Morgan fingerprint density at radius 2 is 1.86 bits per heavy atom. The van der Waals surface area contributed by atoms with Gasteiger partial charge in [0.1, 0.15) is 10.8 Å². The predicted octanol–water partition coefficient (Wildman–Crippen LogP) is 4.81. The molecule has 2 amide bonds. The van der Waals surface area contributed by atoms with Crippen molar-refractivity contribution >= 4 is 34.1 Å². The Hall–Kier alpha value is -3.61. The van der Waals surface area contributed by atoms with Gasteiger partial charge in [0.15, 0.2) is 5.82 Å². The van der Waals surface area contributed by atoms with Crippen LogP contribution in [0.3, 0.4) is 0 Å². The lowest BCUT2D eigenvalue weighted by atomic mass is 9.80. The summed E-state index contributed by atoms with van der Waals surface area (Å²) in [5.74, 6) is -0.381. The molecule has 3 aromatic rings. The first-order valence-corrected chi connectivity index (χ1v) is 12.1. The Morgan fingerprint density at radius 1 is 1.06 bits per heavy atom. The zero-order valence-corrected chi connectivity index (χ0v) is 20.0. The van der Waals surface area contributed by atoms with E-state index in [0.717, 1.165) is 36.4 Å². The smallest absolute Gasteiger partial charge is 0.406 e. The highest BCUT2D eigenvalue weighted by atomic mass is 32.1. The van der Waals surface area contributed by atoms with Gasteiger partial charge in [-0.25, -0.2) is 0 Å². The van der Waals surface area contributed by atoms with Crippen LogP contribution in [0.4, 0.5) is 24.1 Å². The van der Waals surface area contributed by atoms with Crippen molar-refractivity contribution in [2.45, 2.75) is 57.2 Å². The fraction of sp³-hybridized carbons (Fsp3) is 0.391. The zero-order valence-electron chi connectivity index (χ0n) is 19.2. The van der Waals surface area contributed by atoms with Gasteiger partial charge in [0, 0.05) is 18.8 Å². The minimum atomic E-state index is -4.80. The second-order valence-electron chi connectivity index (χ2n) is 8.45. The van der Waals surface area contributed by atoms with Crippen LogP contribution in [0.2, 0.25) is 0 Å². The van der Waals surface area contributed by atoms with E-state index in [-0.39, 0.29) is 35.7 Å². The fourth-order valence-electron chi connectivity index (χ4n) is 4.14. The zero-order chi connectivity index (χ0) is 25.7. The van der Waals surface area contributed by atoms with Crippen LogP contribution < -0.4 is 15.4 Å². The van der Waals surface area contributed by atoms with Crippen LogP contribution in [0.5, 0.6) is 5.75 Å². The van der Waals surface area contributed by atoms with Gasteiger partial charge in [0.25, 0.3) is 0 Å². The van der Waals surface area contributed by atoms with Gasteiger partial charge in [-0.2, -0.15) is 5.10 Å². The molecular weight excluding hydrogens is 497 g/mol. The summed E-state index contributed by atoms with van der Waals surface area (Å²) >= 11 is 1.38. The molecule has 2 aromatic heterocycles. The van der Waals surface area contributed by atoms with Crippen molar-refractivity contribution in [1.82, 2.24) is 20.4 Å². The highest BCUT2D eigenvalue weighted by molar-refractivity contribution is 7.15. The van der Waals surface area contributed by atoms with Gasteiger partial charge >= 0.3 is 6.36 Å². The number of aromatic nitrogens is 4. The minimum Gasteiger partial charge on any atom is -0.406 e. The van der Waals surface area contributed by atoms with E-state index < -0.39 is 12.3 Å². The number of hydrogen-bond acceptors (Lipinski definition) is 8. The molecule has 1 aliphatic rings. The molecule has 9 nitrogen and oxygen atoms in total. The Kier molecular flexibility index (Phi) is 7.77. The highest BCUT2D eigenvalue weighted by Gasteiger charge is 2.31. The number of anilines is 2. The maximum absolute atomic E-state index is 12.4. The summed E-state index contributed by atoms with van der Waals surface area (Å²) in [6, 6.07) is 8.73. The Labute approximate surface area is 208 Å². The number of hydrogen-bond donors (Lipinski definition) is 2. The van der Waals surface area contributed by atoms with Crippen LogP contribution in [0.25, 0.3) is 0 Å². The third-order valence-electron chi connectivity index (χ3n) is 5.61. The molecule has 0 saturated heterocycles. The highest BCUT2D eigenvalue weighted by Crippen LogP contribution is 2.42. The lowest BCUT2D eigenvalue weighted by Crippen LogP contribution is -2.18. The van der Waals surface area contributed by atoms with Crippen LogP contribution in [-0.4, -0.2) is 38.6 Å². The van der Waals surface area contributed by atoms with E-state index in [9.17, 15) is 22.8 Å². The molecule has 4 rings (SSSR count). The summed E-state index contributed by atoms with van der Waals surface area (Å²) < 4.78 is 41.1. The molecule has 2 N–H and O–H groups in total. The normalized spacial score (nSPS) is 17.9. The number of nitrogens with one attached hydrogen (secondary N) is 2. The number of amides is 2. The average Bonchev–Trinajstić information content (AvgIpc) is 3.26. The third-order valence-corrected chi connectivity index (χ3v) is 6.62. The number of alkyl halides is 3. The van der Waals surface area contributed by atoms with Crippen molar-refractivity contribution in [3.63, 3.8) is 0 Å². The van der Waals surface area contributed by atoms with Crippen molar-refractivity contribution in [3.05, 3.63) is 52.7 Å². The molecule has 0 radical (unpaired) electrons. The second-order valence-corrected chi connectivity index (χ2v) is 9.46. The number of halogens is 3. The van der Waals surface area contributed by atoms with Crippen LogP contribution in [0.1, 0.15) is 60.7 Å². The van der Waals surface area contributed by atoms with E-state index in [1.165, 1.54) is 42.5 Å². The monoisotopic (exact) mass is 520 g/mol. The van der Waals surface area contributed by atoms with Gasteiger partial charge in [-0.1, -0.05) is 29.9 Å². The molecule has 2 atom stereocenters. The number of benzene rings is 1. The van der Waals surface area contributed by atoms with Gasteiger partial charge < -0.3 is 15.4 Å². The van der Waals surface area contributed by atoms with Crippen LogP contribution >= 0.6 is 11.3 Å². The molecule has 2 unspecified atom stereocenters. The van der Waals surface area contributed by atoms with E-state index in [0.29, 0.717) is 10.7 Å². The van der Waals surface area contributed by atoms with Crippen molar-refractivity contribution < 1.29 is 27.5 Å². The SMILES string of the molecule is CC(=O)Nc1nnc(C2CCCC(c3ccc(NC(=O)Cc4cccc(OC(F)(F)F)c4)nn3)C2)s1. The lowest BCUT2D eigenvalue weighted by molar-refractivity contribution is -0.274. The van der Waals surface area contributed by atoms with E-state index in [4.69, 9.17) is 0 Å².